The summed E-state index contributed by atoms with van der Waals surface area (Å²) in [5, 5.41) is 4.68. The summed E-state index contributed by atoms with van der Waals surface area (Å²) in [6.07, 6.45) is 3.01. The first-order chi connectivity index (χ1) is 14.6. The summed E-state index contributed by atoms with van der Waals surface area (Å²) >= 11 is 0. The highest BCUT2D eigenvalue weighted by atomic mass is 16.7. The van der Waals surface area contributed by atoms with Gasteiger partial charge in [-0.2, -0.15) is 5.10 Å². The Balaban J connectivity index is 1.95. The Morgan fingerprint density at radius 1 is 1.13 bits per heavy atom. The molecule has 1 aromatic carbocycles. The second kappa shape index (κ2) is 10.1. The van der Waals surface area contributed by atoms with Gasteiger partial charge in [0, 0.05) is 46.4 Å². The second-order valence-electron chi connectivity index (χ2n) is 7.24. The van der Waals surface area contributed by atoms with Crippen molar-refractivity contribution in [3.05, 3.63) is 47.8 Å². The van der Waals surface area contributed by atoms with Crippen molar-refractivity contribution < 1.29 is 23.7 Å². The van der Waals surface area contributed by atoms with Crippen LogP contribution >= 0.6 is 0 Å². The number of hydrogen-bond acceptors (Lipinski definition) is 6. The van der Waals surface area contributed by atoms with Gasteiger partial charge in [0.2, 0.25) is 0 Å². The number of carbonyl (C=O) groups excluding carboxylic acids is 1. The largest absolute Gasteiger partial charge is 0.450 e. The molecule has 1 aliphatic heterocycles. The van der Waals surface area contributed by atoms with E-state index in [1.165, 1.54) is 0 Å². The summed E-state index contributed by atoms with van der Waals surface area (Å²) in [5.41, 5.74) is 2.38. The Hall–Kier alpha value is -2.42. The third kappa shape index (κ3) is 4.50. The van der Waals surface area contributed by atoms with Gasteiger partial charge in [-0.1, -0.05) is 18.2 Å². The summed E-state index contributed by atoms with van der Waals surface area (Å²) in [7, 11) is 4.97. The SMILES string of the molecule is CCOC(=O)N1CCC(OC)(c2cnn(-c3ccccc3)c2CC(OC)OC)CC1. The number of ether oxygens (including phenoxy) is 4. The predicted octanol–water partition coefficient (Wildman–Crippen LogP) is 3.13. The van der Waals surface area contributed by atoms with Gasteiger partial charge in [-0.25, -0.2) is 9.48 Å². The quantitative estimate of drug-likeness (QED) is 0.615. The molecule has 0 radical (unpaired) electrons. The molecular formula is C22H31N3O5. The number of carbonyl (C=O) groups is 1. The molecule has 1 saturated heterocycles. The molecule has 0 aliphatic carbocycles. The van der Waals surface area contributed by atoms with Crippen LogP contribution in [0.3, 0.4) is 0 Å². The first-order valence-electron chi connectivity index (χ1n) is 10.2. The summed E-state index contributed by atoms with van der Waals surface area (Å²) < 4.78 is 24.1. The highest BCUT2D eigenvalue weighted by Crippen LogP contribution is 2.39. The van der Waals surface area contributed by atoms with Gasteiger partial charge < -0.3 is 23.8 Å². The highest BCUT2D eigenvalue weighted by Gasteiger charge is 2.41. The minimum atomic E-state index is -0.544. The van der Waals surface area contributed by atoms with E-state index in [1.807, 2.05) is 48.1 Å². The van der Waals surface area contributed by atoms with Crippen LogP contribution in [0, 0.1) is 0 Å². The highest BCUT2D eigenvalue weighted by molar-refractivity contribution is 5.67. The van der Waals surface area contributed by atoms with Crippen LogP contribution in [0.2, 0.25) is 0 Å². The molecule has 8 heteroatoms. The number of piperidine rings is 1. The smallest absolute Gasteiger partial charge is 0.409 e. The lowest BCUT2D eigenvalue weighted by Gasteiger charge is -2.40. The van der Waals surface area contributed by atoms with Gasteiger partial charge in [-0.3, -0.25) is 0 Å². The molecule has 0 atom stereocenters. The van der Waals surface area contributed by atoms with E-state index >= 15 is 0 Å². The van der Waals surface area contributed by atoms with Crippen LogP contribution in [0.5, 0.6) is 0 Å². The molecular weight excluding hydrogens is 386 g/mol. The number of aromatic nitrogens is 2. The van der Waals surface area contributed by atoms with Crippen molar-refractivity contribution in [3.8, 4) is 5.69 Å². The number of para-hydroxylation sites is 1. The molecule has 1 fully saturated rings. The van der Waals surface area contributed by atoms with Gasteiger partial charge in [-0.15, -0.1) is 0 Å². The fourth-order valence-corrected chi connectivity index (χ4v) is 4.01. The number of benzene rings is 1. The molecule has 1 aliphatic rings. The molecule has 164 valence electrons. The van der Waals surface area contributed by atoms with Crippen LogP contribution in [0.4, 0.5) is 4.79 Å². The Kier molecular flexibility index (Phi) is 7.47. The Bertz CT molecular complexity index is 811. The number of methoxy groups -OCH3 is 3. The first-order valence-corrected chi connectivity index (χ1v) is 10.2. The van der Waals surface area contributed by atoms with E-state index in [-0.39, 0.29) is 6.09 Å². The fraction of sp³-hybridized carbons (Fsp3) is 0.545. The molecule has 0 N–H and O–H groups in total. The van der Waals surface area contributed by atoms with Crippen molar-refractivity contribution in [2.45, 2.75) is 38.1 Å². The van der Waals surface area contributed by atoms with Gasteiger partial charge in [0.25, 0.3) is 0 Å². The minimum absolute atomic E-state index is 0.277. The van der Waals surface area contributed by atoms with E-state index in [2.05, 4.69) is 5.10 Å². The van der Waals surface area contributed by atoms with Crippen molar-refractivity contribution in [2.24, 2.45) is 0 Å². The lowest BCUT2D eigenvalue weighted by molar-refractivity contribution is -0.102. The third-order valence-electron chi connectivity index (χ3n) is 5.73. The van der Waals surface area contributed by atoms with E-state index in [0.29, 0.717) is 39.0 Å². The van der Waals surface area contributed by atoms with Crippen LogP contribution in [0.25, 0.3) is 5.69 Å². The molecule has 0 saturated carbocycles. The van der Waals surface area contributed by atoms with Gasteiger partial charge >= 0.3 is 6.09 Å². The normalized spacial score (nSPS) is 16.1. The van der Waals surface area contributed by atoms with E-state index in [4.69, 9.17) is 18.9 Å². The molecule has 0 spiro atoms. The molecule has 0 unspecified atom stereocenters. The first kappa shape index (κ1) is 22.3. The molecule has 1 aromatic heterocycles. The number of likely N-dealkylation sites (tertiary alicyclic amines) is 1. The monoisotopic (exact) mass is 417 g/mol. The molecule has 3 rings (SSSR count). The standard InChI is InChI=1S/C22H31N3O5/c1-5-30-21(26)24-13-11-22(29-4,12-14-24)18-16-23-25(17-9-7-6-8-10-17)19(18)15-20(27-2)28-3/h6-10,16,20H,5,11-15H2,1-4H3. The molecule has 2 heterocycles. The van der Waals surface area contributed by atoms with Gasteiger partial charge in [0.1, 0.15) is 0 Å². The fourth-order valence-electron chi connectivity index (χ4n) is 4.01. The average Bonchev–Trinajstić information content (AvgIpc) is 3.22. The van der Waals surface area contributed by atoms with Crippen LogP contribution in [0.1, 0.15) is 31.0 Å². The number of amides is 1. The third-order valence-corrected chi connectivity index (χ3v) is 5.73. The summed E-state index contributed by atoms with van der Waals surface area (Å²) in [5.74, 6) is 0. The zero-order chi connectivity index (χ0) is 21.6. The van der Waals surface area contributed by atoms with E-state index in [9.17, 15) is 4.79 Å². The second-order valence-corrected chi connectivity index (χ2v) is 7.24. The van der Waals surface area contributed by atoms with Gasteiger partial charge in [-0.05, 0) is 31.9 Å². The lowest BCUT2D eigenvalue weighted by atomic mass is 9.83. The topological polar surface area (TPSA) is 75.0 Å². The van der Waals surface area contributed by atoms with E-state index in [1.54, 1.807) is 26.2 Å². The van der Waals surface area contributed by atoms with Crippen LogP contribution in [-0.2, 0) is 31.0 Å². The maximum absolute atomic E-state index is 12.1. The predicted molar refractivity (Wildman–Crippen MR) is 112 cm³/mol. The summed E-state index contributed by atoms with van der Waals surface area (Å²) in [6, 6.07) is 9.96. The molecule has 8 nitrogen and oxygen atoms in total. The lowest BCUT2D eigenvalue weighted by Crippen LogP contribution is -2.46. The van der Waals surface area contributed by atoms with E-state index in [0.717, 1.165) is 16.9 Å². The van der Waals surface area contributed by atoms with Crippen LogP contribution < -0.4 is 0 Å². The maximum atomic E-state index is 12.1. The number of rotatable bonds is 8. The van der Waals surface area contributed by atoms with Crippen molar-refractivity contribution in [1.29, 1.82) is 0 Å². The molecule has 2 aromatic rings. The van der Waals surface area contributed by atoms with E-state index < -0.39 is 11.9 Å². The molecule has 1 amide bonds. The van der Waals surface area contributed by atoms with Crippen molar-refractivity contribution in [1.82, 2.24) is 14.7 Å². The zero-order valence-electron chi connectivity index (χ0n) is 18.2. The zero-order valence-corrected chi connectivity index (χ0v) is 18.2. The average molecular weight is 418 g/mol. The van der Waals surface area contributed by atoms with Gasteiger partial charge in [0.15, 0.2) is 6.29 Å². The molecule has 30 heavy (non-hydrogen) atoms. The number of nitrogens with zero attached hydrogens (tertiary/aromatic N) is 3. The number of hydrogen-bond donors (Lipinski definition) is 0. The Morgan fingerprint density at radius 2 is 1.80 bits per heavy atom. The Labute approximate surface area is 177 Å². The minimum Gasteiger partial charge on any atom is -0.450 e. The van der Waals surface area contributed by atoms with Crippen LogP contribution in [-0.4, -0.2) is 68.1 Å². The Morgan fingerprint density at radius 3 is 2.37 bits per heavy atom. The van der Waals surface area contributed by atoms with Crippen molar-refractivity contribution in [3.63, 3.8) is 0 Å². The van der Waals surface area contributed by atoms with Crippen molar-refractivity contribution >= 4 is 6.09 Å². The molecule has 0 bridgehead atoms. The maximum Gasteiger partial charge on any atom is 0.409 e. The van der Waals surface area contributed by atoms with Crippen molar-refractivity contribution in [2.75, 3.05) is 41.0 Å². The summed E-state index contributed by atoms with van der Waals surface area (Å²) in [6.45, 7) is 3.29. The van der Waals surface area contributed by atoms with Gasteiger partial charge in [0.05, 0.1) is 29.8 Å². The summed E-state index contributed by atoms with van der Waals surface area (Å²) in [4.78, 5) is 13.9. The van der Waals surface area contributed by atoms with Crippen LogP contribution in [0.15, 0.2) is 36.5 Å².